The topological polar surface area (TPSA) is 78.9 Å². The fraction of sp³-hybridized carbons (Fsp3) is 0.833. The van der Waals surface area contributed by atoms with Crippen LogP contribution in [-0.4, -0.2) is 18.0 Å². The molecule has 4 heteroatoms. The third kappa shape index (κ3) is 2.19. The van der Waals surface area contributed by atoms with Gasteiger partial charge in [-0.1, -0.05) is 6.42 Å². The molecule has 0 spiro atoms. The molecule has 4 unspecified atom stereocenters. The SMILES string of the molecule is N#CC1CCCC1NC(=O)C1CCCC1N. The quantitative estimate of drug-likeness (QED) is 0.727. The Balaban J connectivity index is 1.89. The van der Waals surface area contributed by atoms with Gasteiger partial charge in [-0.25, -0.2) is 0 Å². The van der Waals surface area contributed by atoms with Crippen LogP contribution in [0.25, 0.3) is 0 Å². The van der Waals surface area contributed by atoms with Crippen molar-refractivity contribution >= 4 is 5.91 Å². The standard InChI is InChI=1S/C12H19N3O/c13-7-8-3-1-6-11(8)15-12(16)9-4-2-5-10(9)14/h8-11H,1-6,14H2,(H,15,16). The van der Waals surface area contributed by atoms with Crippen molar-refractivity contribution < 1.29 is 4.79 Å². The molecule has 0 aromatic carbocycles. The van der Waals surface area contributed by atoms with Crippen LogP contribution in [0.4, 0.5) is 0 Å². The number of nitriles is 1. The second kappa shape index (κ2) is 4.84. The molecule has 1 amide bonds. The highest BCUT2D eigenvalue weighted by molar-refractivity contribution is 5.80. The van der Waals surface area contributed by atoms with Crippen molar-refractivity contribution in [1.29, 1.82) is 5.26 Å². The van der Waals surface area contributed by atoms with Gasteiger partial charge in [0.25, 0.3) is 0 Å². The maximum absolute atomic E-state index is 12.0. The number of carbonyl (C=O) groups is 1. The highest BCUT2D eigenvalue weighted by atomic mass is 16.2. The molecule has 88 valence electrons. The first kappa shape index (κ1) is 11.4. The fourth-order valence-electron chi connectivity index (χ4n) is 2.89. The van der Waals surface area contributed by atoms with Gasteiger partial charge in [0.15, 0.2) is 0 Å². The number of nitrogens with zero attached hydrogens (tertiary/aromatic N) is 1. The van der Waals surface area contributed by atoms with Crippen LogP contribution in [0.5, 0.6) is 0 Å². The van der Waals surface area contributed by atoms with Crippen molar-refractivity contribution in [3.05, 3.63) is 0 Å². The molecule has 0 saturated heterocycles. The van der Waals surface area contributed by atoms with E-state index in [0.717, 1.165) is 38.5 Å². The molecule has 0 aliphatic heterocycles. The van der Waals surface area contributed by atoms with Gasteiger partial charge in [0, 0.05) is 12.1 Å². The van der Waals surface area contributed by atoms with Crippen LogP contribution >= 0.6 is 0 Å². The zero-order valence-corrected chi connectivity index (χ0v) is 9.48. The lowest BCUT2D eigenvalue weighted by Crippen LogP contribution is -2.44. The molecule has 4 nitrogen and oxygen atoms in total. The molecule has 0 bridgehead atoms. The Kier molecular flexibility index (Phi) is 3.45. The summed E-state index contributed by atoms with van der Waals surface area (Å²) in [4.78, 5) is 12.0. The van der Waals surface area contributed by atoms with E-state index in [-0.39, 0.29) is 29.8 Å². The van der Waals surface area contributed by atoms with Crippen molar-refractivity contribution in [2.24, 2.45) is 17.6 Å². The minimum atomic E-state index is -0.0278. The van der Waals surface area contributed by atoms with Gasteiger partial charge in [-0.3, -0.25) is 4.79 Å². The normalized spacial score (nSPS) is 38.2. The lowest BCUT2D eigenvalue weighted by Gasteiger charge is -2.20. The minimum Gasteiger partial charge on any atom is -0.352 e. The first-order valence-electron chi connectivity index (χ1n) is 6.18. The van der Waals surface area contributed by atoms with E-state index in [0.29, 0.717) is 0 Å². The maximum atomic E-state index is 12.0. The van der Waals surface area contributed by atoms with E-state index >= 15 is 0 Å². The minimum absolute atomic E-state index is 0.00146. The Morgan fingerprint density at radius 3 is 2.62 bits per heavy atom. The Morgan fingerprint density at radius 2 is 2.00 bits per heavy atom. The van der Waals surface area contributed by atoms with Gasteiger partial charge in [-0.2, -0.15) is 5.26 Å². The summed E-state index contributed by atoms with van der Waals surface area (Å²) in [5.74, 6) is 0.0404. The van der Waals surface area contributed by atoms with Crippen LogP contribution in [0.3, 0.4) is 0 Å². The molecule has 0 heterocycles. The van der Waals surface area contributed by atoms with Crippen molar-refractivity contribution in [3.63, 3.8) is 0 Å². The fourth-order valence-corrected chi connectivity index (χ4v) is 2.89. The van der Waals surface area contributed by atoms with E-state index in [1.165, 1.54) is 0 Å². The molecular weight excluding hydrogens is 202 g/mol. The van der Waals surface area contributed by atoms with Crippen LogP contribution < -0.4 is 11.1 Å². The van der Waals surface area contributed by atoms with Gasteiger partial charge in [-0.05, 0) is 32.1 Å². The zero-order valence-electron chi connectivity index (χ0n) is 9.48. The van der Waals surface area contributed by atoms with Crippen molar-refractivity contribution in [2.45, 2.75) is 50.6 Å². The second-order valence-corrected chi connectivity index (χ2v) is 4.98. The van der Waals surface area contributed by atoms with Gasteiger partial charge in [0.2, 0.25) is 5.91 Å². The Bertz CT molecular complexity index is 310. The summed E-state index contributed by atoms with van der Waals surface area (Å²) in [7, 11) is 0. The van der Waals surface area contributed by atoms with E-state index in [1.807, 2.05) is 0 Å². The average Bonchev–Trinajstić information content (AvgIpc) is 2.86. The average molecular weight is 221 g/mol. The van der Waals surface area contributed by atoms with Crippen LogP contribution in [0.1, 0.15) is 38.5 Å². The molecule has 0 radical (unpaired) electrons. The highest BCUT2D eigenvalue weighted by Gasteiger charge is 2.34. The molecular formula is C12H19N3O. The summed E-state index contributed by atoms with van der Waals surface area (Å²) in [6, 6.07) is 2.35. The highest BCUT2D eigenvalue weighted by Crippen LogP contribution is 2.28. The summed E-state index contributed by atoms with van der Waals surface area (Å²) in [5.41, 5.74) is 5.90. The summed E-state index contributed by atoms with van der Waals surface area (Å²) in [5, 5.41) is 12.0. The van der Waals surface area contributed by atoms with Crippen molar-refractivity contribution in [3.8, 4) is 6.07 Å². The third-order valence-electron chi connectivity index (χ3n) is 3.92. The number of hydrogen-bond donors (Lipinski definition) is 2. The third-order valence-corrected chi connectivity index (χ3v) is 3.92. The van der Waals surface area contributed by atoms with E-state index in [1.54, 1.807) is 0 Å². The van der Waals surface area contributed by atoms with E-state index in [2.05, 4.69) is 11.4 Å². The molecule has 16 heavy (non-hydrogen) atoms. The molecule has 2 fully saturated rings. The van der Waals surface area contributed by atoms with Crippen LogP contribution in [0.2, 0.25) is 0 Å². The molecule has 2 saturated carbocycles. The smallest absolute Gasteiger partial charge is 0.224 e. The first-order valence-corrected chi connectivity index (χ1v) is 6.18. The van der Waals surface area contributed by atoms with Gasteiger partial charge >= 0.3 is 0 Å². The monoisotopic (exact) mass is 221 g/mol. The van der Waals surface area contributed by atoms with E-state index in [9.17, 15) is 4.79 Å². The molecule has 4 atom stereocenters. The molecule has 0 aromatic rings. The summed E-state index contributed by atoms with van der Waals surface area (Å²) < 4.78 is 0. The van der Waals surface area contributed by atoms with Gasteiger partial charge < -0.3 is 11.1 Å². The summed E-state index contributed by atoms with van der Waals surface area (Å²) in [6.45, 7) is 0. The molecule has 0 aromatic heterocycles. The summed E-state index contributed by atoms with van der Waals surface area (Å²) >= 11 is 0. The van der Waals surface area contributed by atoms with Gasteiger partial charge in [-0.15, -0.1) is 0 Å². The predicted molar refractivity (Wildman–Crippen MR) is 60.2 cm³/mol. The van der Waals surface area contributed by atoms with Crippen molar-refractivity contribution in [1.82, 2.24) is 5.32 Å². The Hall–Kier alpha value is -1.08. The molecule has 2 aliphatic rings. The number of nitrogens with one attached hydrogen (secondary N) is 1. The number of hydrogen-bond acceptors (Lipinski definition) is 3. The number of carbonyl (C=O) groups excluding carboxylic acids is 1. The second-order valence-electron chi connectivity index (χ2n) is 4.98. The molecule has 2 rings (SSSR count). The lowest BCUT2D eigenvalue weighted by molar-refractivity contribution is -0.126. The molecule has 2 aliphatic carbocycles. The zero-order chi connectivity index (χ0) is 11.5. The van der Waals surface area contributed by atoms with Gasteiger partial charge in [0.05, 0.1) is 17.9 Å². The first-order chi connectivity index (χ1) is 7.72. The lowest BCUT2D eigenvalue weighted by atomic mass is 10.0. The van der Waals surface area contributed by atoms with E-state index < -0.39 is 0 Å². The number of rotatable bonds is 2. The summed E-state index contributed by atoms with van der Waals surface area (Å²) in [6.07, 6.45) is 5.79. The van der Waals surface area contributed by atoms with Gasteiger partial charge in [0.1, 0.15) is 0 Å². The van der Waals surface area contributed by atoms with Crippen LogP contribution in [0.15, 0.2) is 0 Å². The number of amides is 1. The number of nitrogens with two attached hydrogens (primary N) is 1. The Labute approximate surface area is 96.2 Å². The molecule has 3 N–H and O–H groups in total. The van der Waals surface area contributed by atoms with Crippen molar-refractivity contribution in [2.75, 3.05) is 0 Å². The Morgan fingerprint density at radius 1 is 1.25 bits per heavy atom. The van der Waals surface area contributed by atoms with Crippen LogP contribution in [0, 0.1) is 23.2 Å². The van der Waals surface area contributed by atoms with Crippen LogP contribution in [-0.2, 0) is 4.79 Å². The maximum Gasteiger partial charge on any atom is 0.224 e. The predicted octanol–water partition coefficient (Wildman–Crippen LogP) is 0.922. The van der Waals surface area contributed by atoms with E-state index in [4.69, 9.17) is 11.0 Å². The largest absolute Gasteiger partial charge is 0.352 e.